The smallest absolute Gasteiger partial charge is 0.253 e. The molecule has 1 aromatic carbocycles. The Morgan fingerprint density at radius 3 is 2.84 bits per heavy atom. The molecule has 3 rings (SSSR count). The zero-order chi connectivity index (χ0) is 13.2. The Kier molecular flexibility index (Phi) is 3.23. The molecule has 1 N–H and O–H groups in total. The van der Waals surface area contributed by atoms with Gasteiger partial charge < -0.3 is 9.88 Å². The number of rotatable bonds is 2. The standard InChI is InChI=1S/C15H17FN2O/c16-10-11-4-7-18(8-5-11)15(19)13-1-2-14-12(9-13)3-6-17-14/h1-3,6,9,11,17H,4-5,7-8,10H2. The van der Waals surface area contributed by atoms with Gasteiger partial charge in [-0.15, -0.1) is 0 Å². The van der Waals surface area contributed by atoms with E-state index in [2.05, 4.69) is 4.98 Å². The lowest BCUT2D eigenvalue weighted by Gasteiger charge is -2.30. The first-order chi connectivity index (χ1) is 9.28. The first kappa shape index (κ1) is 12.2. The van der Waals surface area contributed by atoms with Gasteiger partial charge in [0.1, 0.15) is 0 Å². The molecule has 0 bridgehead atoms. The molecule has 100 valence electrons. The Balaban J connectivity index is 1.76. The molecule has 3 nitrogen and oxygen atoms in total. The summed E-state index contributed by atoms with van der Waals surface area (Å²) < 4.78 is 12.6. The Morgan fingerprint density at radius 2 is 2.11 bits per heavy atom. The van der Waals surface area contributed by atoms with E-state index in [0.29, 0.717) is 18.7 Å². The van der Waals surface area contributed by atoms with Gasteiger partial charge in [0.15, 0.2) is 0 Å². The molecule has 19 heavy (non-hydrogen) atoms. The fourth-order valence-corrected chi connectivity index (χ4v) is 2.66. The lowest BCUT2D eigenvalue weighted by atomic mass is 9.97. The second kappa shape index (κ2) is 5.03. The van der Waals surface area contributed by atoms with Gasteiger partial charge >= 0.3 is 0 Å². The van der Waals surface area contributed by atoms with Crippen LogP contribution >= 0.6 is 0 Å². The maximum Gasteiger partial charge on any atom is 0.253 e. The van der Waals surface area contributed by atoms with E-state index in [1.807, 2.05) is 35.4 Å². The number of nitrogens with one attached hydrogen (secondary N) is 1. The van der Waals surface area contributed by atoms with E-state index in [0.717, 1.165) is 23.7 Å². The monoisotopic (exact) mass is 260 g/mol. The molecular formula is C15H17FN2O. The van der Waals surface area contributed by atoms with Gasteiger partial charge in [0, 0.05) is 35.8 Å². The second-order valence-corrected chi connectivity index (χ2v) is 5.17. The highest BCUT2D eigenvalue weighted by Gasteiger charge is 2.23. The molecule has 4 heteroatoms. The van der Waals surface area contributed by atoms with Crippen LogP contribution in [0.15, 0.2) is 30.5 Å². The number of hydrogen-bond donors (Lipinski definition) is 1. The lowest BCUT2D eigenvalue weighted by Crippen LogP contribution is -2.38. The fourth-order valence-electron chi connectivity index (χ4n) is 2.66. The van der Waals surface area contributed by atoms with Crippen molar-refractivity contribution in [3.8, 4) is 0 Å². The molecule has 0 aliphatic carbocycles. The highest BCUT2D eigenvalue weighted by Crippen LogP contribution is 2.21. The first-order valence-corrected chi connectivity index (χ1v) is 6.70. The predicted octanol–water partition coefficient (Wildman–Crippen LogP) is 2.99. The maximum atomic E-state index is 12.6. The van der Waals surface area contributed by atoms with Crippen LogP contribution in [0.4, 0.5) is 4.39 Å². The van der Waals surface area contributed by atoms with Crippen molar-refractivity contribution in [1.82, 2.24) is 9.88 Å². The van der Waals surface area contributed by atoms with Crippen molar-refractivity contribution in [2.45, 2.75) is 12.8 Å². The second-order valence-electron chi connectivity index (χ2n) is 5.17. The van der Waals surface area contributed by atoms with Gasteiger partial charge in [0.2, 0.25) is 0 Å². The number of aromatic nitrogens is 1. The summed E-state index contributed by atoms with van der Waals surface area (Å²) in [7, 11) is 0. The number of nitrogens with zero attached hydrogens (tertiary/aromatic N) is 1. The van der Waals surface area contributed by atoms with Gasteiger partial charge in [0.25, 0.3) is 5.91 Å². The number of amides is 1. The van der Waals surface area contributed by atoms with Crippen LogP contribution in [0.3, 0.4) is 0 Å². The van der Waals surface area contributed by atoms with Gasteiger partial charge in [-0.2, -0.15) is 0 Å². The van der Waals surface area contributed by atoms with Gasteiger partial charge in [-0.25, -0.2) is 0 Å². The van der Waals surface area contributed by atoms with E-state index in [9.17, 15) is 9.18 Å². The lowest BCUT2D eigenvalue weighted by molar-refractivity contribution is 0.0678. The number of benzene rings is 1. The summed E-state index contributed by atoms with van der Waals surface area (Å²) in [5.74, 6) is 0.191. The number of likely N-dealkylation sites (tertiary alicyclic amines) is 1. The summed E-state index contributed by atoms with van der Waals surface area (Å²) in [4.78, 5) is 17.3. The van der Waals surface area contributed by atoms with Crippen molar-refractivity contribution in [2.24, 2.45) is 5.92 Å². The summed E-state index contributed by atoms with van der Waals surface area (Å²) in [5, 5.41) is 1.05. The molecule has 0 saturated carbocycles. The largest absolute Gasteiger partial charge is 0.361 e. The average molecular weight is 260 g/mol. The zero-order valence-corrected chi connectivity index (χ0v) is 10.7. The Hall–Kier alpha value is -1.84. The molecule has 0 atom stereocenters. The summed E-state index contributed by atoms with van der Waals surface area (Å²) in [6.07, 6.45) is 3.41. The van der Waals surface area contributed by atoms with Gasteiger partial charge in [0.05, 0.1) is 6.67 Å². The molecule has 1 fully saturated rings. The molecule has 0 spiro atoms. The number of H-pyrrole nitrogens is 1. The number of fused-ring (bicyclic) bond motifs is 1. The van der Waals surface area contributed by atoms with E-state index in [1.165, 1.54) is 0 Å². The number of hydrogen-bond acceptors (Lipinski definition) is 1. The van der Waals surface area contributed by atoms with E-state index in [4.69, 9.17) is 0 Å². The number of aromatic amines is 1. The highest BCUT2D eigenvalue weighted by molar-refractivity contribution is 5.98. The summed E-state index contributed by atoms with van der Waals surface area (Å²) >= 11 is 0. The number of alkyl halides is 1. The molecule has 0 radical (unpaired) electrons. The van der Waals surface area contributed by atoms with Crippen molar-refractivity contribution >= 4 is 16.8 Å². The van der Waals surface area contributed by atoms with Crippen LogP contribution in [0.25, 0.3) is 10.9 Å². The molecule has 2 heterocycles. The van der Waals surface area contributed by atoms with Crippen LogP contribution in [0, 0.1) is 5.92 Å². The molecule has 2 aromatic rings. The van der Waals surface area contributed by atoms with Crippen LogP contribution in [-0.4, -0.2) is 35.6 Å². The molecular weight excluding hydrogens is 243 g/mol. The number of halogens is 1. The van der Waals surface area contributed by atoms with Gasteiger partial charge in [-0.1, -0.05) is 0 Å². The summed E-state index contributed by atoms with van der Waals surface area (Å²) in [5.41, 5.74) is 1.75. The van der Waals surface area contributed by atoms with Gasteiger partial charge in [-0.3, -0.25) is 9.18 Å². The van der Waals surface area contributed by atoms with Crippen LogP contribution < -0.4 is 0 Å². The van der Waals surface area contributed by atoms with E-state index in [-0.39, 0.29) is 18.5 Å². The van der Waals surface area contributed by atoms with Crippen molar-refractivity contribution in [3.63, 3.8) is 0 Å². The van der Waals surface area contributed by atoms with Crippen molar-refractivity contribution in [2.75, 3.05) is 19.8 Å². The van der Waals surface area contributed by atoms with E-state index < -0.39 is 0 Å². The normalized spacial score (nSPS) is 17.0. The maximum absolute atomic E-state index is 12.6. The highest BCUT2D eigenvalue weighted by atomic mass is 19.1. The molecule has 1 aromatic heterocycles. The minimum absolute atomic E-state index is 0.0559. The number of carbonyl (C=O) groups is 1. The topological polar surface area (TPSA) is 36.1 Å². The minimum atomic E-state index is -0.267. The molecule has 1 aliphatic rings. The zero-order valence-electron chi connectivity index (χ0n) is 10.7. The SMILES string of the molecule is O=C(c1ccc2[nH]ccc2c1)N1CCC(CF)CC1. The summed E-state index contributed by atoms with van der Waals surface area (Å²) in [6, 6.07) is 7.65. The third-order valence-electron chi connectivity index (χ3n) is 3.92. The van der Waals surface area contributed by atoms with Crippen LogP contribution in [0.5, 0.6) is 0 Å². The third-order valence-corrected chi connectivity index (χ3v) is 3.92. The number of carbonyl (C=O) groups excluding carboxylic acids is 1. The quantitative estimate of drug-likeness (QED) is 0.885. The fraction of sp³-hybridized carbons (Fsp3) is 0.400. The average Bonchev–Trinajstić information content (AvgIpc) is 2.94. The van der Waals surface area contributed by atoms with Crippen molar-refractivity contribution in [1.29, 1.82) is 0 Å². The molecule has 1 amide bonds. The molecule has 0 unspecified atom stereocenters. The van der Waals surface area contributed by atoms with E-state index >= 15 is 0 Å². The molecule has 1 saturated heterocycles. The van der Waals surface area contributed by atoms with Gasteiger partial charge in [-0.05, 0) is 43.0 Å². The van der Waals surface area contributed by atoms with Crippen molar-refractivity contribution < 1.29 is 9.18 Å². The van der Waals surface area contributed by atoms with Crippen molar-refractivity contribution in [3.05, 3.63) is 36.0 Å². The molecule has 1 aliphatic heterocycles. The van der Waals surface area contributed by atoms with E-state index in [1.54, 1.807) is 0 Å². The van der Waals surface area contributed by atoms with Crippen LogP contribution in [-0.2, 0) is 0 Å². The Morgan fingerprint density at radius 1 is 1.32 bits per heavy atom. The number of piperidine rings is 1. The summed E-state index contributed by atoms with van der Waals surface area (Å²) in [6.45, 7) is 1.06. The van der Waals surface area contributed by atoms with Crippen LogP contribution in [0.2, 0.25) is 0 Å². The van der Waals surface area contributed by atoms with Crippen LogP contribution in [0.1, 0.15) is 23.2 Å². The Bertz CT molecular complexity index is 585. The first-order valence-electron chi connectivity index (χ1n) is 6.70. The minimum Gasteiger partial charge on any atom is -0.361 e. The predicted molar refractivity (Wildman–Crippen MR) is 72.9 cm³/mol. The third kappa shape index (κ3) is 2.35. The Labute approximate surface area is 111 Å².